The van der Waals surface area contributed by atoms with E-state index in [2.05, 4.69) is 4.98 Å². The molecule has 0 aliphatic carbocycles. The van der Waals surface area contributed by atoms with Gasteiger partial charge in [0.25, 0.3) is 0 Å². The van der Waals surface area contributed by atoms with Crippen molar-refractivity contribution in [1.29, 1.82) is 0 Å². The highest BCUT2D eigenvalue weighted by atomic mass is 32.1. The molecule has 7 heavy (non-hydrogen) atoms. The number of hydrogen-bond donors (Lipinski definition) is 1. The van der Waals surface area contributed by atoms with Crippen LogP contribution < -0.4 is 0 Å². The maximum Gasteiger partial charge on any atom is 0.0440 e. The summed E-state index contributed by atoms with van der Waals surface area (Å²) >= 11 is 4.74. The lowest BCUT2D eigenvalue weighted by atomic mass is 10.5. The maximum absolute atomic E-state index is 4.74. The highest BCUT2D eigenvalue weighted by molar-refractivity contribution is 7.79. The van der Waals surface area contributed by atoms with Gasteiger partial charge in [-0.25, -0.2) is 0 Å². The first-order valence-corrected chi connectivity index (χ1v) is 2.71. The van der Waals surface area contributed by atoms with Crippen LogP contribution in [0.25, 0.3) is 0 Å². The van der Waals surface area contributed by atoms with Crippen molar-refractivity contribution in [3.05, 3.63) is 24.0 Å². The van der Waals surface area contributed by atoms with Crippen LogP contribution in [0, 0.1) is 0 Å². The van der Waals surface area contributed by atoms with Crippen molar-refractivity contribution in [2.75, 3.05) is 0 Å². The first-order valence-electron chi connectivity index (χ1n) is 2.14. The van der Waals surface area contributed by atoms with Gasteiger partial charge in [0.15, 0.2) is 0 Å². The van der Waals surface area contributed by atoms with Crippen LogP contribution in [-0.4, -0.2) is 4.98 Å². The molecule has 0 aliphatic rings. The summed E-state index contributed by atoms with van der Waals surface area (Å²) in [6.07, 6.45) is 1.88. The van der Waals surface area contributed by atoms with E-state index in [0.29, 0.717) is 5.75 Å². The Bertz CT molecular complexity index is 123. The Balaban J connectivity index is 2.76. The topological polar surface area (TPSA) is 15.8 Å². The minimum absolute atomic E-state index is 0.688. The third-order valence-corrected chi connectivity index (χ3v) is 1.13. The Hall–Kier alpha value is -0.370. The number of H-pyrrole nitrogens is 1. The van der Waals surface area contributed by atoms with Crippen LogP contribution in [0.3, 0.4) is 0 Å². The van der Waals surface area contributed by atoms with E-state index in [9.17, 15) is 0 Å². The number of aromatic amines is 1. The molecule has 0 spiro atoms. The van der Waals surface area contributed by atoms with Crippen molar-refractivity contribution in [2.45, 2.75) is 5.75 Å². The predicted molar refractivity (Wildman–Crippen MR) is 32.1 cm³/mol. The Labute approximate surface area is 48.2 Å². The molecule has 2 heteroatoms. The first-order chi connectivity index (χ1) is 3.43. The second-order valence-corrected chi connectivity index (χ2v) is 1.63. The zero-order valence-electron chi connectivity index (χ0n) is 3.85. The molecule has 0 aromatic carbocycles. The molecule has 0 aliphatic heterocycles. The normalized spacial score (nSPS) is 9.29. The van der Waals surface area contributed by atoms with Crippen molar-refractivity contribution in [3.8, 4) is 0 Å². The van der Waals surface area contributed by atoms with Gasteiger partial charge in [0.1, 0.15) is 0 Å². The molecule has 0 saturated heterocycles. The fourth-order valence-corrected chi connectivity index (χ4v) is 0.637. The van der Waals surface area contributed by atoms with Gasteiger partial charge in [-0.3, -0.25) is 0 Å². The molecular formula is C5H6NS. The van der Waals surface area contributed by atoms with Crippen LogP contribution in [0.1, 0.15) is 5.69 Å². The second-order valence-electron chi connectivity index (χ2n) is 1.34. The van der Waals surface area contributed by atoms with E-state index in [1.54, 1.807) is 0 Å². The summed E-state index contributed by atoms with van der Waals surface area (Å²) in [5, 5.41) is 0. The largest absolute Gasteiger partial charge is 0.364 e. The van der Waals surface area contributed by atoms with Crippen LogP contribution in [0.2, 0.25) is 0 Å². The fraction of sp³-hybridized carbons (Fsp3) is 0.200. The lowest BCUT2D eigenvalue weighted by Crippen LogP contribution is -1.70. The quantitative estimate of drug-likeness (QED) is 0.569. The SMILES string of the molecule is [S]Cc1ccc[nH]1. The minimum atomic E-state index is 0.688. The zero-order valence-corrected chi connectivity index (χ0v) is 4.66. The van der Waals surface area contributed by atoms with Gasteiger partial charge in [-0.2, -0.15) is 0 Å². The first kappa shape index (κ1) is 4.78. The third kappa shape index (κ3) is 0.996. The molecule has 0 saturated carbocycles. The molecule has 0 atom stereocenters. The number of hydrogen-bond acceptors (Lipinski definition) is 0. The summed E-state index contributed by atoms with van der Waals surface area (Å²) in [6, 6.07) is 3.93. The van der Waals surface area contributed by atoms with E-state index in [0.717, 1.165) is 5.69 Å². The number of rotatable bonds is 1. The summed E-state index contributed by atoms with van der Waals surface area (Å²) in [5.74, 6) is 0.688. The summed E-state index contributed by atoms with van der Waals surface area (Å²) in [7, 11) is 0. The second kappa shape index (κ2) is 2.07. The molecule has 1 heterocycles. The van der Waals surface area contributed by atoms with Crippen LogP contribution >= 0.6 is 12.6 Å². The molecule has 1 N–H and O–H groups in total. The van der Waals surface area contributed by atoms with Gasteiger partial charge in [0, 0.05) is 17.6 Å². The summed E-state index contributed by atoms with van der Waals surface area (Å²) in [6.45, 7) is 0. The van der Waals surface area contributed by atoms with Crippen molar-refractivity contribution in [3.63, 3.8) is 0 Å². The van der Waals surface area contributed by atoms with Gasteiger partial charge >= 0.3 is 0 Å². The molecule has 1 aromatic heterocycles. The standard InChI is InChI=1S/C5H6NS/c7-4-5-2-1-3-6-5/h1-3,6H,4H2. The molecule has 1 aromatic rings. The van der Waals surface area contributed by atoms with E-state index < -0.39 is 0 Å². The average Bonchev–Trinajstić information content (AvgIpc) is 2.14. The Morgan fingerprint density at radius 3 is 2.86 bits per heavy atom. The predicted octanol–water partition coefficient (Wildman–Crippen LogP) is 1.71. The molecule has 1 rings (SSSR count). The van der Waals surface area contributed by atoms with E-state index >= 15 is 0 Å². The molecule has 1 nitrogen and oxygen atoms in total. The fourth-order valence-electron chi connectivity index (χ4n) is 0.457. The number of nitrogens with one attached hydrogen (secondary N) is 1. The molecule has 0 bridgehead atoms. The Kier molecular flexibility index (Phi) is 1.42. The van der Waals surface area contributed by atoms with E-state index in [1.807, 2.05) is 18.3 Å². The van der Waals surface area contributed by atoms with Crippen LogP contribution in [0.4, 0.5) is 0 Å². The molecule has 0 amide bonds. The Morgan fingerprint density at radius 1 is 1.71 bits per heavy atom. The van der Waals surface area contributed by atoms with Crippen LogP contribution in [0.15, 0.2) is 18.3 Å². The van der Waals surface area contributed by atoms with Gasteiger partial charge in [0.2, 0.25) is 0 Å². The van der Waals surface area contributed by atoms with E-state index in [1.165, 1.54) is 0 Å². The lowest BCUT2D eigenvalue weighted by molar-refractivity contribution is 1.24. The minimum Gasteiger partial charge on any atom is -0.364 e. The summed E-state index contributed by atoms with van der Waals surface area (Å²) in [4.78, 5) is 2.98. The van der Waals surface area contributed by atoms with Gasteiger partial charge in [0.05, 0.1) is 0 Å². The van der Waals surface area contributed by atoms with Gasteiger partial charge < -0.3 is 4.98 Å². The summed E-state index contributed by atoms with van der Waals surface area (Å²) in [5.41, 5.74) is 1.12. The highest BCUT2D eigenvalue weighted by Crippen LogP contribution is 1.96. The van der Waals surface area contributed by atoms with Crippen molar-refractivity contribution < 1.29 is 0 Å². The molecule has 0 unspecified atom stereocenters. The maximum atomic E-state index is 4.74. The molecule has 37 valence electrons. The zero-order chi connectivity index (χ0) is 5.11. The highest BCUT2D eigenvalue weighted by Gasteiger charge is 1.82. The number of aromatic nitrogens is 1. The van der Waals surface area contributed by atoms with Gasteiger partial charge in [-0.05, 0) is 12.1 Å². The lowest BCUT2D eigenvalue weighted by Gasteiger charge is -1.79. The van der Waals surface area contributed by atoms with Crippen LogP contribution in [-0.2, 0) is 5.75 Å². The van der Waals surface area contributed by atoms with Crippen molar-refractivity contribution >= 4 is 12.6 Å². The van der Waals surface area contributed by atoms with Gasteiger partial charge in [-0.15, -0.1) is 0 Å². The van der Waals surface area contributed by atoms with E-state index in [4.69, 9.17) is 12.6 Å². The third-order valence-electron chi connectivity index (χ3n) is 0.818. The van der Waals surface area contributed by atoms with Crippen LogP contribution in [0.5, 0.6) is 0 Å². The van der Waals surface area contributed by atoms with E-state index in [-0.39, 0.29) is 0 Å². The van der Waals surface area contributed by atoms with Crippen molar-refractivity contribution in [1.82, 2.24) is 4.98 Å². The Morgan fingerprint density at radius 2 is 2.57 bits per heavy atom. The smallest absolute Gasteiger partial charge is 0.0440 e. The summed E-state index contributed by atoms with van der Waals surface area (Å²) < 4.78 is 0. The average molecular weight is 112 g/mol. The molecule has 0 fully saturated rings. The molecular weight excluding hydrogens is 106 g/mol. The van der Waals surface area contributed by atoms with Gasteiger partial charge in [-0.1, -0.05) is 12.6 Å². The van der Waals surface area contributed by atoms with Crippen molar-refractivity contribution in [2.24, 2.45) is 0 Å². The molecule has 1 radical (unpaired) electrons. The monoisotopic (exact) mass is 112 g/mol.